The lowest BCUT2D eigenvalue weighted by Gasteiger charge is -2.11. The van der Waals surface area contributed by atoms with E-state index >= 15 is 0 Å². The fraction of sp³-hybridized carbons (Fsp3) is 0.562. The van der Waals surface area contributed by atoms with Crippen molar-refractivity contribution < 1.29 is 9.66 Å². The van der Waals surface area contributed by atoms with Crippen LogP contribution in [0.3, 0.4) is 0 Å². The lowest BCUT2D eigenvalue weighted by Crippen LogP contribution is -2.35. The van der Waals surface area contributed by atoms with E-state index in [0.717, 1.165) is 12.3 Å². The molecule has 7 nitrogen and oxygen atoms in total. The second-order valence-corrected chi connectivity index (χ2v) is 5.60. The molecule has 2 N–H and O–H groups in total. The molecule has 0 bridgehead atoms. The maximum Gasteiger partial charge on any atom is 0.268 e. The van der Waals surface area contributed by atoms with Gasteiger partial charge in [0.15, 0.2) is 5.84 Å². The van der Waals surface area contributed by atoms with Crippen LogP contribution in [0.2, 0.25) is 0 Å². The highest BCUT2D eigenvalue weighted by molar-refractivity contribution is 5.84. The van der Waals surface area contributed by atoms with Crippen LogP contribution in [0.5, 0.6) is 5.75 Å². The summed E-state index contributed by atoms with van der Waals surface area (Å²) in [7, 11) is 4.04. The predicted octanol–water partition coefficient (Wildman–Crippen LogP) is 1.93. The summed E-state index contributed by atoms with van der Waals surface area (Å²) in [5.74, 6) is 0.906. The third kappa shape index (κ3) is 7.10. The third-order valence-corrected chi connectivity index (χ3v) is 3.25. The zero-order chi connectivity index (χ0) is 17.2. The zero-order valence-electron chi connectivity index (χ0n) is 14.1. The molecule has 1 atom stereocenters. The average molecular weight is 322 g/mol. The van der Waals surface area contributed by atoms with Crippen molar-refractivity contribution >= 4 is 5.84 Å². The topological polar surface area (TPSA) is 94.0 Å². The molecule has 0 amide bonds. The zero-order valence-corrected chi connectivity index (χ0v) is 14.1. The van der Waals surface area contributed by atoms with Gasteiger partial charge in [0.05, 0.1) is 6.61 Å². The molecule has 0 radical (unpaired) electrons. The summed E-state index contributed by atoms with van der Waals surface area (Å²) >= 11 is 0. The molecule has 0 heterocycles. The van der Waals surface area contributed by atoms with Crippen molar-refractivity contribution in [3.63, 3.8) is 0 Å². The van der Waals surface area contributed by atoms with Crippen LogP contribution >= 0.6 is 0 Å². The first kappa shape index (κ1) is 18.9. The minimum atomic E-state index is -0.890. The van der Waals surface area contributed by atoms with Crippen molar-refractivity contribution in [2.45, 2.75) is 32.4 Å². The van der Waals surface area contributed by atoms with Crippen LogP contribution in [0.15, 0.2) is 29.3 Å². The number of rotatable bonds is 10. The molecule has 0 aliphatic carbocycles. The Morgan fingerprint density at radius 3 is 2.83 bits per heavy atom. The van der Waals surface area contributed by atoms with Crippen molar-refractivity contribution in [2.75, 3.05) is 27.2 Å². The fourth-order valence-corrected chi connectivity index (χ4v) is 2.13. The van der Waals surface area contributed by atoms with E-state index in [9.17, 15) is 10.1 Å². The van der Waals surface area contributed by atoms with Crippen LogP contribution in [-0.4, -0.2) is 48.9 Å². The van der Waals surface area contributed by atoms with Crippen LogP contribution < -0.4 is 10.5 Å². The van der Waals surface area contributed by atoms with E-state index in [1.807, 2.05) is 32.3 Å². The summed E-state index contributed by atoms with van der Waals surface area (Å²) in [5, 5.41) is 10.8. The average Bonchev–Trinajstić information content (AvgIpc) is 2.47. The highest BCUT2D eigenvalue weighted by Gasteiger charge is 2.21. The van der Waals surface area contributed by atoms with Gasteiger partial charge in [-0.05, 0) is 31.8 Å². The molecule has 0 saturated carbocycles. The predicted molar refractivity (Wildman–Crippen MR) is 91.5 cm³/mol. The quantitative estimate of drug-likeness (QED) is 0.233. The van der Waals surface area contributed by atoms with Gasteiger partial charge in [-0.15, -0.1) is 0 Å². The second kappa shape index (κ2) is 9.78. The Morgan fingerprint density at radius 2 is 2.22 bits per heavy atom. The first-order valence-corrected chi connectivity index (χ1v) is 7.73. The molecule has 1 rings (SSSR count). The van der Waals surface area contributed by atoms with Crippen LogP contribution in [0.4, 0.5) is 0 Å². The van der Waals surface area contributed by atoms with Crippen molar-refractivity contribution in [3.8, 4) is 5.75 Å². The van der Waals surface area contributed by atoms with Crippen molar-refractivity contribution in [2.24, 2.45) is 10.7 Å². The SMILES string of the molecule is CCC(C(N)=NCCCOc1cccc(CN(C)C)c1)[N+](=O)[O-]. The number of nitrogens with two attached hydrogens (primary N) is 1. The molecule has 0 fully saturated rings. The van der Waals surface area contributed by atoms with E-state index in [2.05, 4.69) is 16.0 Å². The smallest absolute Gasteiger partial charge is 0.268 e. The monoisotopic (exact) mass is 322 g/mol. The van der Waals surface area contributed by atoms with E-state index < -0.39 is 11.0 Å². The first-order chi connectivity index (χ1) is 10.9. The van der Waals surface area contributed by atoms with Crippen LogP contribution in [0.25, 0.3) is 0 Å². The number of benzene rings is 1. The molecule has 1 aromatic carbocycles. The van der Waals surface area contributed by atoms with Gasteiger partial charge in [-0.1, -0.05) is 19.1 Å². The number of nitrogens with zero attached hydrogens (tertiary/aromatic N) is 3. The highest BCUT2D eigenvalue weighted by atomic mass is 16.6. The molecule has 0 spiro atoms. The third-order valence-electron chi connectivity index (χ3n) is 3.25. The molecule has 7 heteroatoms. The molecule has 0 saturated heterocycles. The van der Waals surface area contributed by atoms with Gasteiger partial charge < -0.3 is 15.4 Å². The Balaban J connectivity index is 2.39. The summed E-state index contributed by atoms with van der Waals surface area (Å²) in [6, 6.07) is 7.06. The van der Waals surface area contributed by atoms with Crippen molar-refractivity contribution in [1.82, 2.24) is 4.90 Å². The summed E-state index contributed by atoms with van der Waals surface area (Å²) in [6.07, 6.45) is 1.00. The van der Waals surface area contributed by atoms with E-state index in [4.69, 9.17) is 10.5 Å². The lowest BCUT2D eigenvalue weighted by atomic mass is 10.2. The summed E-state index contributed by atoms with van der Waals surface area (Å²) in [5.41, 5.74) is 6.84. The number of aliphatic imine (C=N–C) groups is 1. The number of nitro groups is 1. The van der Waals surface area contributed by atoms with Gasteiger partial charge >= 0.3 is 0 Å². The van der Waals surface area contributed by atoms with Crippen molar-refractivity contribution in [1.29, 1.82) is 0 Å². The molecule has 0 aliphatic rings. The molecule has 128 valence electrons. The Labute approximate surface area is 137 Å². The van der Waals surface area contributed by atoms with Gasteiger partial charge in [0.1, 0.15) is 5.75 Å². The molecular formula is C16H26N4O3. The molecule has 0 aliphatic heterocycles. The lowest BCUT2D eigenvalue weighted by molar-refractivity contribution is -0.503. The molecular weight excluding hydrogens is 296 g/mol. The van der Waals surface area contributed by atoms with Crippen LogP contribution in [-0.2, 0) is 6.54 Å². The molecule has 1 unspecified atom stereocenters. The van der Waals surface area contributed by atoms with Gasteiger partial charge in [-0.25, -0.2) is 0 Å². The number of amidine groups is 1. The fourth-order valence-electron chi connectivity index (χ4n) is 2.13. The van der Waals surface area contributed by atoms with Crippen LogP contribution in [0.1, 0.15) is 25.3 Å². The van der Waals surface area contributed by atoms with E-state index in [1.165, 1.54) is 5.56 Å². The van der Waals surface area contributed by atoms with E-state index in [-0.39, 0.29) is 5.84 Å². The number of hydrogen-bond donors (Lipinski definition) is 1. The standard InChI is InChI=1S/C16H26N4O3/c1-4-15(20(21)22)16(17)18-9-6-10-23-14-8-5-7-13(11-14)12-19(2)3/h5,7-8,11,15H,4,6,9-10,12H2,1-3H3,(H2,17,18). The van der Waals surface area contributed by atoms with E-state index in [0.29, 0.717) is 26.0 Å². The Hall–Kier alpha value is -2.15. The number of hydrogen-bond acceptors (Lipinski definition) is 5. The van der Waals surface area contributed by atoms with Gasteiger partial charge in [0, 0.05) is 30.9 Å². The molecule has 0 aromatic heterocycles. The Kier molecular flexibility index (Phi) is 8.04. The summed E-state index contributed by atoms with van der Waals surface area (Å²) in [6.45, 7) is 3.50. The van der Waals surface area contributed by atoms with Gasteiger partial charge in [0.25, 0.3) is 6.04 Å². The Bertz CT molecular complexity index is 532. The van der Waals surface area contributed by atoms with Crippen LogP contribution in [0, 0.1) is 10.1 Å². The van der Waals surface area contributed by atoms with Gasteiger partial charge in [-0.2, -0.15) is 0 Å². The molecule has 1 aromatic rings. The normalized spacial score (nSPS) is 13.1. The van der Waals surface area contributed by atoms with E-state index in [1.54, 1.807) is 6.92 Å². The summed E-state index contributed by atoms with van der Waals surface area (Å²) < 4.78 is 5.68. The van der Waals surface area contributed by atoms with Gasteiger partial charge in [-0.3, -0.25) is 15.1 Å². The van der Waals surface area contributed by atoms with Gasteiger partial charge in [0.2, 0.25) is 0 Å². The van der Waals surface area contributed by atoms with Crippen molar-refractivity contribution in [3.05, 3.63) is 39.9 Å². The number of ether oxygens (including phenoxy) is 1. The minimum absolute atomic E-state index is 0.0884. The molecule has 23 heavy (non-hydrogen) atoms. The second-order valence-electron chi connectivity index (χ2n) is 5.60. The Morgan fingerprint density at radius 1 is 1.48 bits per heavy atom. The largest absolute Gasteiger partial charge is 0.494 e. The summed E-state index contributed by atoms with van der Waals surface area (Å²) in [4.78, 5) is 16.5. The first-order valence-electron chi connectivity index (χ1n) is 7.73. The minimum Gasteiger partial charge on any atom is -0.494 e. The maximum absolute atomic E-state index is 10.8. The highest BCUT2D eigenvalue weighted by Crippen LogP contribution is 2.14. The maximum atomic E-state index is 10.8.